The van der Waals surface area contributed by atoms with Crippen LogP contribution in [0, 0.1) is 0 Å². The fourth-order valence-corrected chi connectivity index (χ4v) is 4.12. The van der Waals surface area contributed by atoms with Crippen molar-refractivity contribution in [1.82, 2.24) is 24.3 Å². The minimum Gasteiger partial charge on any atom is -0.497 e. The standard InChI is InChI=1S/C20H17F3N6O3S/c1-32-14-4-2-3-12(7-14)9-27-33(30,31)18-11-25-17-6-5-16(28-29(17)18)13-8-15(20(21,22)23)19(24)26-10-13/h2-8,10-11,27H,9H2,1H3,(H2,24,26). The van der Waals surface area contributed by atoms with Crippen molar-refractivity contribution in [2.45, 2.75) is 17.7 Å². The van der Waals surface area contributed by atoms with Crippen LogP contribution < -0.4 is 15.2 Å². The van der Waals surface area contributed by atoms with Gasteiger partial charge < -0.3 is 10.5 Å². The first-order valence-corrected chi connectivity index (χ1v) is 10.9. The van der Waals surface area contributed by atoms with Crippen molar-refractivity contribution in [3.8, 4) is 17.0 Å². The van der Waals surface area contributed by atoms with Gasteiger partial charge in [0.05, 0.1) is 24.6 Å². The van der Waals surface area contributed by atoms with Gasteiger partial charge >= 0.3 is 6.18 Å². The highest BCUT2D eigenvalue weighted by molar-refractivity contribution is 7.89. The summed E-state index contributed by atoms with van der Waals surface area (Å²) < 4.78 is 74.0. The highest BCUT2D eigenvalue weighted by Crippen LogP contribution is 2.34. The minimum atomic E-state index is -4.70. The van der Waals surface area contributed by atoms with Gasteiger partial charge in [-0.2, -0.15) is 18.3 Å². The van der Waals surface area contributed by atoms with Crippen molar-refractivity contribution in [3.05, 3.63) is 66.0 Å². The van der Waals surface area contributed by atoms with Gasteiger partial charge in [0.1, 0.15) is 11.6 Å². The second kappa shape index (κ2) is 8.33. The molecule has 172 valence electrons. The van der Waals surface area contributed by atoms with Gasteiger partial charge in [-0.3, -0.25) is 0 Å². The largest absolute Gasteiger partial charge is 0.497 e. The number of fused-ring (bicyclic) bond motifs is 1. The van der Waals surface area contributed by atoms with Crippen molar-refractivity contribution < 1.29 is 26.3 Å². The first-order chi connectivity index (χ1) is 15.6. The maximum atomic E-state index is 13.2. The molecule has 3 aromatic heterocycles. The van der Waals surface area contributed by atoms with Crippen LogP contribution in [0.1, 0.15) is 11.1 Å². The monoisotopic (exact) mass is 478 g/mol. The molecule has 4 aromatic rings. The SMILES string of the molecule is COc1cccc(CNS(=O)(=O)c2cnc3ccc(-c4cnc(N)c(C(F)(F)F)c4)nn23)c1. The van der Waals surface area contributed by atoms with Crippen molar-refractivity contribution in [2.24, 2.45) is 0 Å². The topological polar surface area (TPSA) is 124 Å². The summed E-state index contributed by atoms with van der Waals surface area (Å²) in [5, 5.41) is 3.90. The van der Waals surface area contributed by atoms with Gasteiger partial charge in [0, 0.05) is 18.3 Å². The molecule has 1 aromatic carbocycles. The lowest BCUT2D eigenvalue weighted by atomic mass is 10.1. The number of nitrogen functional groups attached to an aromatic ring is 1. The summed E-state index contributed by atoms with van der Waals surface area (Å²) in [6.07, 6.45) is -2.46. The zero-order chi connectivity index (χ0) is 23.8. The lowest BCUT2D eigenvalue weighted by Gasteiger charge is -2.11. The number of aromatic nitrogens is 4. The number of methoxy groups -OCH3 is 1. The average Bonchev–Trinajstić information content (AvgIpc) is 3.22. The Balaban J connectivity index is 1.68. The van der Waals surface area contributed by atoms with Gasteiger partial charge in [-0.25, -0.2) is 27.6 Å². The molecule has 13 heteroatoms. The molecule has 0 atom stereocenters. The third-order valence-corrected chi connectivity index (χ3v) is 6.08. The summed E-state index contributed by atoms with van der Waals surface area (Å²) in [7, 11) is -2.57. The maximum absolute atomic E-state index is 13.2. The minimum absolute atomic E-state index is 0.0137. The molecule has 0 radical (unpaired) electrons. The molecule has 3 heterocycles. The third-order valence-electron chi connectivity index (χ3n) is 4.73. The molecule has 0 bridgehead atoms. The van der Waals surface area contributed by atoms with Crippen molar-refractivity contribution in [3.63, 3.8) is 0 Å². The number of ether oxygens (including phenoxy) is 1. The Labute approximate surface area is 186 Å². The molecule has 0 unspecified atom stereocenters. The van der Waals surface area contributed by atoms with Crippen molar-refractivity contribution in [2.75, 3.05) is 12.8 Å². The molecular formula is C20H17F3N6O3S. The number of rotatable bonds is 6. The van der Waals surface area contributed by atoms with E-state index in [1.54, 1.807) is 24.3 Å². The van der Waals surface area contributed by atoms with E-state index in [9.17, 15) is 21.6 Å². The van der Waals surface area contributed by atoms with Crippen LogP contribution in [0.15, 0.2) is 59.9 Å². The van der Waals surface area contributed by atoms with Gasteiger partial charge in [0.25, 0.3) is 10.0 Å². The summed E-state index contributed by atoms with van der Waals surface area (Å²) in [6.45, 7) is -0.0245. The number of halogens is 3. The van der Waals surface area contributed by atoms with Gasteiger partial charge in [-0.1, -0.05) is 12.1 Å². The Morgan fingerprint density at radius 3 is 2.64 bits per heavy atom. The third kappa shape index (κ3) is 4.59. The molecule has 0 amide bonds. The van der Waals surface area contributed by atoms with E-state index in [1.807, 2.05) is 0 Å². The van der Waals surface area contributed by atoms with E-state index in [-0.39, 0.29) is 28.5 Å². The molecular weight excluding hydrogens is 461 g/mol. The van der Waals surface area contributed by atoms with Gasteiger partial charge in [-0.05, 0) is 35.9 Å². The first kappa shape index (κ1) is 22.5. The number of sulfonamides is 1. The molecule has 4 rings (SSSR count). The van der Waals surface area contributed by atoms with Crippen molar-refractivity contribution in [1.29, 1.82) is 0 Å². The zero-order valence-corrected chi connectivity index (χ0v) is 17.9. The van der Waals surface area contributed by atoms with Crippen LogP contribution >= 0.6 is 0 Å². The van der Waals surface area contributed by atoms with E-state index in [0.717, 1.165) is 23.0 Å². The second-order valence-corrected chi connectivity index (χ2v) is 8.63. The molecule has 0 fully saturated rings. The summed E-state index contributed by atoms with van der Waals surface area (Å²) in [4.78, 5) is 7.61. The fourth-order valence-electron chi connectivity index (χ4n) is 3.07. The number of alkyl halides is 3. The summed E-state index contributed by atoms with van der Waals surface area (Å²) in [5.74, 6) is -0.0943. The van der Waals surface area contributed by atoms with Crippen LogP contribution in [0.2, 0.25) is 0 Å². The molecule has 3 N–H and O–H groups in total. The lowest BCUT2D eigenvalue weighted by Crippen LogP contribution is -2.25. The fraction of sp³-hybridized carbons (Fsp3) is 0.150. The van der Waals surface area contributed by atoms with Crippen LogP contribution in [0.4, 0.5) is 19.0 Å². The Bertz CT molecular complexity index is 1440. The van der Waals surface area contributed by atoms with E-state index >= 15 is 0 Å². The smallest absolute Gasteiger partial charge is 0.419 e. The van der Waals surface area contributed by atoms with E-state index < -0.39 is 27.6 Å². The quantitative estimate of drug-likeness (QED) is 0.437. The molecule has 0 aliphatic rings. The van der Waals surface area contributed by atoms with E-state index in [4.69, 9.17) is 10.5 Å². The number of hydrogen-bond acceptors (Lipinski definition) is 7. The van der Waals surface area contributed by atoms with Gasteiger partial charge in [0.15, 0.2) is 10.7 Å². The molecule has 0 spiro atoms. The second-order valence-electron chi connectivity index (χ2n) is 6.92. The predicted octanol–water partition coefficient (Wildman–Crippen LogP) is 2.88. The molecule has 33 heavy (non-hydrogen) atoms. The number of nitrogens with zero attached hydrogens (tertiary/aromatic N) is 4. The van der Waals surface area contributed by atoms with Crippen LogP contribution in [0.3, 0.4) is 0 Å². The Morgan fingerprint density at radius 1 is 1.12 bits per heavy atom. The molecule has 0 aliphatic carbocycles. The summed E-state index contributed by atoms with van der Waals surface area (Å²) >= 11 is 0. The number of imidazole rings is 1. The highest BCUT2D eigenvalue weighted by atomic mass is 32.2. The van der Waals surface area contributed by atoms with Crippen molar-refractivity contribution >= 4 is 21.5 Å². The number of nitrogens with one attached hydrogen (secondary N) is 1. The Kier molecular flexibility index (Phi) is 5.68. The highest BCUT2D eigenvalue weighted by Gasteiger charge is 2.34. The maximum Gasteiger partial charge on any atom is 0.419 e. The molecule has 9 nitrogen and oxygen atoms in total. The average molecular weight is 478 g/mol. The van der Waals surface area contributed by atoms with E-state index in [2.05, 4.69) is 19.8 Å². The number of pyridine rings is 1. The molecule has 0 saturated heterocycles. The van der Waals surface area contributed by atoms with Crippen LogP contribution in [0.25, 0.3) is 16.9 Å². The lowest BCUT2D eigenvalue weighted by molar-refractivity contribution is -0.137. The van der Waals surface area contributed by atoms with Gasteiger partial charge in [-0.15, -0.1) is 0 Å². The zero-order valence-electron chi connectivity index (χ0n) is 17.0. The first-order valence-electron chi connectivity index (χ1n) is 9.39. The normalized spacial score (nSPS) is 12.2. The number of benzene rings is 1. The number of nitrogens with two attached hydrogens (primary N) is 1. The molecule has 0 aliphatic heterocycles. The van der Waals surface area contributed by atoms with E-state index in [0.29, 0.717) is 11.3 Å². The Morgan fingerprint density at radius 2 is 1.91 bits per heavy atom. The predicted molar refractivity (Wildman–Crippen MR) is 113 cm³/mol. The Hall–Kier alpha value is -3.71. The van der Waals surface area contributed by atoms with Crippen LogP contribution in [0.5, 0.6) is 5.75 Å². The van der Waals surface area contributed by atoms with E-state index in [1.165, 1.54) is 19.2 Å². The summed E-state index contributed by atoms with van der Waals surface area (Å²) in [6, 6.07) is 10.5. The van der Waals surface area contributed by atoms with Gasteiger partial charge in [0.2, 0.25) is 0 Å². The molecule has 0 saturated carbocycles. The summed E-state index contributed by atoms with van der Waals surface area (Å²) in [5.41, 5.74) is 5.16. The van der Waals surface area contributed by atoms with Crippen LogP contribution in [-0.4, -0.2) is 35.1 Å². The number of hydrogen-bond donors (Lipinski definition) is 2. The number of anilines is 1. The van der Waals surface area contributed by atoms with Crippen LogP contribution in [-0.2, 0) is 22.7 Å².